The van der Waals surface area contributed by atoms with E-state index in [-0.39, 0.29) is 5.41 Å². The average molecular weight is 292 g/mol. The summed E-state index contributed by atoms with van der Waals surface area (Å²) in [7, 11) is 0. The molecular formula is C16H28N4O. The van der Waals surface area contributed by atoms with Gasteiger partial charge in [-0.25, -0.2) is 0 Å². The van der Waals surface area contributed by atoms with Crippen LogP contribution in [0.4, 0.5) is 0 Å². The fourth-order valence-electron chi connectivity index (χ4n) is 3.37. The van der Waals surface area contributed by atoms with Crippen LogP contribution in [0.3, 0.4) is 0 Å². The number of aromatic nitrogens is 2. The third kappa shape index (κ3) is 3.64. The Balaban J connectivity index is 1.59. The molecule has 0 bridgehead atoms. The van der Waals surface area contributed by atoms with Crippen LogP contribution in [0.2, 0.25) is 0 Å². The zero-order chi connectivity index (χ0) is 14.9. The van der Waals surface area contributed by atoms with Gasteiger partial charge in [0, 0.05) is 18.0 Å². The van der Waals surface area contributed by atoms with Gasteiger partial charge in [0.15, 0.2) is 0 Å². The van der Waals surface area contributed by atoms with E-state index in [1.807, 2.05) is 0 Å². The third-order valence-corrected chi connectivity index (χ3v) is 4.61. The molecule has 0 aliphatic carbocycles. The Labute approximate surface area is 127 Å². The minimum atomic E-state index is -0.0643. The van der Waals surface area contributed by atoms with Gasteiger partial charge >= 0.3 is 0 Å². The molecule has 0 amide bonds. The number of nitrogens with zero attached hydrogens (tertiary/aromatic N) is 4. The van der Waals surface area contributed by atoms with Gasteiger partial charge < -0.3 is 9.32 Å². The number of rotatable bonds is 4. The second-order valence-electron chi connectivity index (χ2n) is 7.53. The minimum absolute atomic E-state index is 0.0643. The van der Waals surface area contributed by atoms with Gasteiger partial charge in [0.05, 0.1) is 6.54 Å². The highest BCUT2D eigenvalue weighted by molar-refractivity contribution is 4.96. The lowest BCUT2D eigenvalue weighted by atomic mass is 9.97. The van der Waals surface area contributed by atoms with Crippen molar-refractivity contribution in [3.05, 3.63) is 11.8 Å². The molecule has 2 fully saturated rings. The summed E-state index contributed by atoms with van der Waals surface area (Å²) in [6.07, 6.45) is 5.33. The van der Waals surface area contributed by atoms with Gasteiger partial charge in [0.2, 0.25) is 11.8 Å². The Bertz CT molecular complexity index is 459. The Morgan fingerprint density at radius 3 is 2.52 bits per heavy atom. The first kappa shape index (κ1) is 15.0. The molecule has 1 aromatic rings. The Kier molecular flexibility index (Phi) is 4.31. The molecule has 21 heavy (non-hydrogen) atoms. The fraction of sp³-hybridized carbons (Fsp3) is 0.875. The molecule has 118 valence electrons. The van der Waals surface area contributed by atoms with Gasteiger partial charge in [-0.15, -0.1) is 10.2 Å². The Morgan fingerprint density at radius 2 is 1.86 bits per heavy atom. The predicted octanol–water partition coefficient (Wildman–Crippen LogP) is 2.43. The van der Waals surface area contributed by atoms with E-state index >= 15 is 0 Å². The quantitative estimate of drug-likeness (QED) is 0.853. The van der Waals surface area contributed by atoms with E-state index in [1.165, 1.54) is 45.3 Å². The van der Waals surface area contributed by atoms with Crippen LogP contribution in [0.25, 0.3) is 0 Å². The summed E-state index contributed by atoms with van der Waals surface area (Å²) >= 11 is 0. The summed E-state index contributed by atoms with van der Waals surface area (Å²) in [5, 5.41) is 8.44. The summed E-state index contributed by atoms with van der Waals surface area (Å²) in [5.41, 5.74) is -0.0643. The van der Waals surface area contributed by atoms with E-state index in [9.17, 15) is 0 Å². The van der Waals surface area contributed by atoms with E-state index in [1.54, 1.807) is 0 Å². The van der Waals surface area contributed by atoms with Crippen molar-refractivity contribution in [3.63, 3.8) is 0 Å². The van der Waals surface area contributed by atoms with Gasteiger partial charge in [-0.1, -0.05) is 20.8 Å². The maximum Gasteiger partial charge on any atom is 0.230 e. The van der Waals surface area contributed by atoms with Gasteiger partial charge in [-0.05, 0) is 45.3 Å². The molecule has 0 N–H and O–H groups in total. The number of hydrogen-bond donors (Lipinski definition) is 0. The first-order chi connectivity index (χ1) is 10.0. The van der Waals surface area contributed by atoms with Crippen LogP contribution in [0, 0.1) is 0 Å². The van der Waals surface area contributed by atoms with Crippen LogP contribution >= 0.6 is 0 Å². The average Bonchev–Trinajstić information content (AvgIpc) is 3.12. The van der Waals surface area contributed by atoms with E-state index < -0.39 is 0 Å². The molecule has 0 radical (unpaired) electrons. The zero-order valence-electron chi connectivity index (χ0n) is 13.6. The van der Waals surface area contributed by atoms with Gasteiger partial charge in [0.25, 0.3) is 0 Å². The van der Waals surface area contributed by atoms with Crippen molar-refractivity contribution < 1.29 is 4.42 Å². The van der Waals surface area contributed by atoms with Crippen molar-refractivity contribution in [1.29, 1.82) is 0 Å². The summed E-state index contributed by atoms with van der Waals surface area (Å²) in [6, 6.07) is 0.660. The second-order valence-corrected chi connectivity index (χ2v) is 7.53. The van der Waals surface area contributed by atoms with Gasteiger partial charge in [0.1, 0.15) is 0 Å². The second kappa shape index (κ2) is 6.05. The molecule has 3 heterocycles. The summed E-state index contributed by atoms with van der Waals surface area (Å²) in [4.78, 5) is 5.13. The molecule has 3 rings (SSSR count). The van der Waals surface area contributed by atoms with Gasteiger partial charge in [-0.3, -0.25) is 4.90 Å². The lowest BCUT2D eigenvalue weighted by Crippen LogP contribution is -2.39. The van der Waals surface area contributed by atoms with E-state index in [0.29, 0.717) is 6.04 Å². The lowest BCUT2D eigenvalue weighted by Gasteiger charge is -2.27. The molecule has 0 aromatic carbocycles. The van der Waals surface area contributed by atoms with Crippen LogP contribution in [0.5, 0.6) is 0 Å². The molecule has 0 spiro atoms. The van der Waals surface area contributed by atoms with Crippen molar-refractivity contribution >= 4 is 0 Å². The fourth-order valence-corrected chi connectivity index (χ4v) is 3.37. The molecular weight excluding hydrogens is 264 g/mol. The lowest BCUT2D eigenvalue weighted by molar-refractivity contribution is 0.171. The maximum absolute atomic E-state index is 5.85. The number of hydrogen-bond acceptors (Lipinski definition) is 5. The normalized spacial score (nSPS) is 25.0. The largest absolute Gasteiger partial charge is 0.423 e. The van der Waals surface area contributed by atoms with E-state index in [2.05, 4.69) is 40.8 Å². The maximum atomic E-state index is 5.85. The first-order valence-electron chi connectivity index (χ1n) is 8.31. The highest BCUT2D eigenvalue weighted by atomic mass is 16.4. The summed E-state index contributed by atoms with van der Waals surface area (Å²) in [5.74, 6) is 1.51. The highest BCUT2D eigenvalue weighted by Crippen LogP contribution is 2.24. The highest BCUT2D eigenvalue weighted by Gasteiger charge is 2.29. The third-order valence-electron chi connectivity index (χ3n) is 4.61. The van der Waals surface area contributed by atoms with Crippen LogP contribution < -0.4 is 0 Å². The summed E-state index contributed by atoms with van der Waals surface area (Å²) in [6.45, 7) is 12.1. The first-order valence-corrected chi connectivity index (χ1v) is 8.31. The zero-order valence-corrected chi connectivity index (χ0v) is 13.6. The number of likely N-dealkylation sites (tertiary alicyclic amines) is 2. The Morgan fingerprint density at radius 1 is 1.10 bits per heavy atom. The van der Waals surface area contributed by atoms with Gasteiger partial charge in [-0.2, -0.15) is 0 Å². The van der Waals surface area contributed by atoms with Crippen molar-refractivity contribution in [2.24, 2.45) is 0 Å². The van der Waals surface area contributed by atoms with Crippen molar-refractivity contribution in [1.82, 2.24) is 20.0 Å². The molecule has 1 atom stereocenters. The monoisotopic (exact) mass is 292 g/mol. The summed E-state index contributed by atoms with van der Waals surface area (Å²) < 4.78 is 5.85. The Hall–Kier alpha value is -0.940. The topological polar surface area (TPSA) is 45.4 Å². The van der Waals surface area contributed by atoms with E-state index in [0.717, 1.165) is 24.9 Å². The molecule has 2 saturated heterocycles. The van der Waals surface area contributed by atoms with Crippen molar-refractivity contribution in [2.75, 3.05) is 26.2 Å². The van der Waals surface area contributed by atoms with Crippen LogP contribution in [-0.4, -0.2) is 52.2 Å². The molecule has 0 saturated carbocycles. The molecule has 5 heteroatoms. The molecule has 5 nitrogen and oxygen atoms in total. The van der Waals surface area contributed by atoms with Crippen LogP contribution in [0.1, 0.15) is 58.2 Å². The molecule has 2 aliphatic heterocycles. The molecule has 1 aromatic heterocycles. The standard InChI is InChI=1S/C16H28N4O/c1-16(2,3)15-18-17-14(21-15)12-20-10-6-7-13(20)11-19-8-4-5-9-19/h13H,4-12H2,1-3H3. The van der Waals surface area contributed by atoms with E-state index in [4.69, 9.17) is 4.42 Å². The van der Waals surface area contributed by atoms with Crippen LogP contribution in [0.15, 0.2) is 4.42 Å². The van der Waals surface area contributed by atoms with Crippen molar-refractivity contribution in [2.45, 2.75) is 64.5 Å². The van der Waals surface area contributed by atoms with Crippen molar-refractivity contribution in [3.8, 4) is 0 Å². The smallest absolute Gasteiger partial charge is 0.230 e. The SMILES string of the molecule is CC(C)(C)c1nnc(CN2CCCC2CN2CCCC2)o1. The van der Waals surface area contributed by atoms with Crippen LogP contribution in [-0.2, 0) is 12.0 Å². The minimum Gasteiger partial charge on any atom is -0.423 e. The predicted molar refractivity (Wildman–Crippen MR) is 82.1 cm³/mol. The molecule has 1 unspecified atom stereocenters. The molecule has 2 aliphatic rings.